The lowest BCUT2D eigenvalue weighted by Crippen LogP contribution is -2.32. The fourth-order valence-corrected chi connectivity index (χ4v) is 2.05. The van der Waals surface area contributed by atoms with Crippen LogP contribution < -0.4 is 10.6 Å². The zero-order valence-corrected chi connectivity index (χ0v) is 10.2. The van der Waals surface area contributed by atoms with E-state index in [9.17, 15) is 9.90 Å². The molecule has 1 aliphatic heterocycles. The van der Waals surface area contributed by atoms with Gasteiger partial charge < -0.3 is 15.7 Å². The molecule has 1 fully saturated rings. The van der Waals surface area contributed by atoms with E-state index in [2.05, 4.69) is 10.6 Å². The number of amides is 1. The molecular formula is C12H24N2O2. The van der Waals surface area contributed by atoms with Gasteiger partial charge in [0.15, 0.2) is 0 Å². The third kappa shape index (κ3) is 5.47. The molecule has 94 valence electrons. The lowest BCUT2D eigenvalue weighted by atomic mass is 10.0. The van der Waals surface area contributed by atoms with E-state index < -0.39 is 0 Å². The van der Waals surface area contributed by atoms with Crippen LogP contribution in [-0.4, -0.2) is 36.8 Å². The number of carbonyl (C=O) groups excluding carboxylic acids is 1. The van der Waals surface area contributed by atoms with Crippen LogP contribution in [0.4, 0.5) is 0 Å². The second-order valence-electron chi connectivity index (χ2n) is 4.64. The summed E-state index contributed by atoms with van der Waals surface area (Å²) in [7, 11) is 0. The molecule has 0 aromatic rings. The molecule has 3 N–H and O–H groups in total. The molecule has 1 amide bonds. The molecule has 0 aromatic carbocycles. The fourth-order valence-electron chi connectivity index (χ4n) is 2.05. The summed E-state index contributed by atoms with van der Waals surface area (Å²) < 4.78 is 0. The Morgan fingerprint density at radius 3 is 3.06 bits per heavy atom. The first-order chi connectivity index (χ1) is 7.72. The van der Waals surface area contributed by atoms with Crippen LogP contribution in [0.5, 0.6) is 0 Å². The highest BCUT2D eigenvalue weighted by atomic mass is 16.3. The average molecular weight is 228 g/mol. The molecule has 4 heteroatoms. The van der Waals surface area contributed by atoms with E-state index in [0.717, 1.165) is 32.4 Å². The molecule has 4 nitrogen and oxygen atoms in total. The summed E-state index contributed by atoms with van der Waals surface area (Å²) in [6.07, 6.45) is 4.05. The molecular weight excluding hydrogens is 204 g/mol. The van der Waals surface area contributed by atoms with Crippen molar-refractivity contribution in [3.05, 3.63) is 0 Å². The number of rotatable bonds is 7. The molecule has 1 saturated heterocycles. The molecule has 2 unspecified atom stereocenters. The maximum Gasteiger partial charge on any atom is 0.220 e. The minimum absolute atomic E-state index is 0.0713. The van der Waals surface area contributed by atoms with E-state index >= 15 is 0 Å². The molecule has 1 rings (SSSR count). The van der Waals surface area contributed by atoms with Crippen LogP contribution >= 0.6 is 0 Å². The smallest absolute Gasteiger partial charge is 0.220 e. The number of hydrogen-bond acceptors (Lipinski definition) is 3. The Balaban J connectivity index is 2.01. The minimum atomic E-state index is -0.387. The van der Waals surface area contributed by atoms with E-state index in [4.69, 9.17) is 0 Å². The number of nitrogens with one attached hydrogen (secondary N) is 2. The van der Waals surface area contributed by atoms with Gasteiger partial charge >= 0.3 is 0 Å². The van der Waals surface area contributed by atoms with Gasteiger partial charge in [0.1, 0.15) is 0 Å². The van der Waals surface area contributed by atoms with Crippen LogP contribution in [-0.2, 0) is 4.79 Å². The first-order valence-electron chi connectivity index (χ1n) is 6.37. The van der Waals surface area contributed by atoms with Crippen LogP contribution in [0.1, 0.15) is 39.0 Å². The van der Waals surface area contributed by atoms with Crippen molar-refractivity contribution in [2.75, 3.05) is 19.6 Å². The lowest BCUT2D eigenvalue weighted by molar-refractivity contribution is -0.121. The monoisotopic (exact) mass is 228 g/mol. The van der Waals surface area contributed by atoms with Gasteiger partial charge in [-0.3, -0.25) is 4.79 Å². The molecule has 0 aliphatic carbocycles. The molecule has 0 bridgehead atoms. The summed E-state index contributed by atoms with van der Waals surface area (Å²) in [5.41, 5.74) is 0. The van der Waals surface area contributed by atoms with Crippen molar-refractivity contribution < 1.29 is 9.90 Å². The second-order valence-corrected chi connectivity index (χ2v) is 4.64. The third-order valence-electron chi connectivity index (χ3n) is 3.10. The topological polar surface area (TPSA) is 61.4 Å². The largest absolute Gasteiger partial charge is 0.391 e. The van der Waals surface area contributed by atoms with Crippen molar-refractivity contribution in [3.8, 4) is 0 Å². The molecule has 0 radical (unpaired) electrons. The van der Waals surface area contributed by atoms with Crippen molar-refractivity contribution >= 4 is 5.91 Å². The summed E-state index contributed by atoms with van der Waals surface area (Å²) in [4.78, 5) is 11.5. The first-order valence-corrected chi connectivity index (χ1v) is 6.37. The maximum absolute atomic E-state index is 11.5. The standard InChI is InChI=1S/C12H24N2O2/c1-2-3-11(15)9-14-12(16)5-4-10-6-7-13-8-10/h10-11,13,15H,2-9H2,1H3,(H,14,16). The highest BCUT2D eigenvalue weighted by Crippen LogP contribution is 2.13. The third-order valence-corrected chi connectivity index (χ3v) is 3.10. The van der Waals surface area contributed by atoms with Crippen LogP contribution in [0, 0.1) is 5.92 Å². The Morgan fingerprint density at radius 1 is 1.62 bits per heavy atom. The van der Waals surface area contributed by atoms with E-state index in [1.54, 1.807) is 0 Å². The quantitative estimate of drug-likeness (QED) is 0.599. The molecule has 0 spiro atoms. The Bertz CT molecular complexity index is 203. The molecule has 1 heterocycles. The second kappa shape index (κ2) is 7.63. The molecule has 2 atom stereocenters. The number of aliphatic hydroxyl groups excluding tert-OH is 1. The Kier molecular flexibility index (Phi) is 6.42. The van der Waals surface area contributed by atoms with Gasteiger partial charge in [0.2, 0.25) is 5.91 Å². The normalized spacial score (nSPS) is 22.0. The number of aliphatic hydroxyl groups is 1. The van der Waals surface area contributed by atoms with Gasteiger partial charge in [0.25, 0.3) is 0 Å². The SMILES string of the molecule is CCCC(O)CNC(=O)CCC1CCNC1. The molecule has 0 saturated carbocycles. The highest BCUT2D eigenvalue weighted by molar-refractivity contribution is 5.75. The van der Waals surface area contributed by atoms with Gasteiger partial charge in [-0.15, -0.1) is 0 Å². The summed E-state index contributed by atoms with van der Waals surface area (Å²) in [6, 6.07) is 0. The van der Waals surface area contributed by atoms with Gasteiger partial charge in [-0.05, 0) is 38.3 Å². The maximum atomic E-state index is 11.5. The van der Waals surface area contributed by atoms with Gasteiger partial charge in [-0.1, -0.05) is 13.3 Å². The zero-order chi connectivity index (χ0) is 11.8. The van der Waals surface area contributed by atoms with Crippen LogP contribution in [0.15, 0.2) is 0 Å². The van der Waals surface area contributed by atoms with Crippen molar-refractivity contribution in [2.45, 2.75) is 45.1 Å². The molecule has 0 aromatic heterocycles. The van der Waals surface area contributed by atoms with Gasteiger partial charge in [0.05, 0.1) is 6.10 Å². The van der Waals surface area contributed by atoms with E-state index in [1.165, 1.54) is 6.42 Å². The zero-order valence-electron chi connectivity index (χ0n) is 10.2. The average Bonchev–Trinajstić information content (AvgIpc) is 2.77. The minimum Gasteiger partial charge on any atom is -0.391 e. The van der Waals surface area contributed by atoms with Crippen LogP contribution in [0.25, 0.3) is 0 Å². The Hall–Kier alpha value is -0.610. The van der Waals surface area contributed by atoms with Gasteiger partial charge in [-0.2, -0.15) is 0 Å². The lowest BCUT2D eigenvalue weighted by Gasteiger charge is -2.11. The van der Waals surface area contributed by atoms with E-state index in [0.29, 0.717) is 18.9 Å². The van der Waals surface area contributed by atoms with Crippen LogP contribution in [0.2, 0.25) is 0 Å². The molecule has 16 heavy (non-hydrogen) atoms. The van der Waals surface area contributed by atoms with Crippen molar-refractivity contribution in [3.63, 3.8) is 0 Å². The Morgan fingerprint density at radius 2 is 2.44 bits per heavy atom. The van der Waals surface area contributed by atoms with Gasteiger partial charge in [0, 0.05) is 13.0 Å². The van der Waals surface area contributed by atoms with Crippen molar-refractivity contribution in [1.29, 1.82) is 0 Å². The van der Waals surface area contributed by atoms with E-state index in [1.807, 2.05) is 6.92 Å². The van der Waals surface area contributed by atoms with Crippen molar-refractivity contribution in [1.82, 2.24) is 10.6 Å². The Labute approximate surface area is 97.8 Å². The van der Waals surface area contributed by atoms with Crippen LogP contribution in [0.3, 0.4) is 0 Å². The predicted octanol–water partition coefficient (Wildman–Crippen LogP) is 0.653. The summed E-state index contributed by atoms with van der Waals surface area (Å²) in [5.74, 6) is 0.730. The predicted molar refractivity (Wildman–Crippen MR) is 64.1 cm³/mol. The summed E-state index contributed by atoms with van der Waals surface area (Å²) in [5, 5.41) is 15.5. The summed E-state index contributed by atoms with van der Waals surface area (Å²) in [6.45, 7) is 4.56. The van der Waals surface area contributed by atoms with Gasteiger partial charge in [-0.25, -0.2) is 0 Å². The molecule has 1 aliphatic rings. The number of carbonyl (C=O) groups is 1. The first kappa shape index (κ1) is 13.5. The summed E-state index contributed by atoms with van der Waals surface area (Å²) >= 11 is 0. The fraction of sp³-hybridized carbons (Fsp3) is 0.917. The number of hydrogen-bond donors (Lipinski definition) is 3. The highest BCUT2D eigenvalue weighted by Gasteiger charge is 2.15. The van der Waals surface area contributed by atoms with E-state index in [-0.39, 0.29) is 12.0 Å². The van der Waals surface area contributed by atoms with Crippen molar-refractivity contribution in [2.24, 2.45) is 5.92 Å².